The normalized spacial score (nSPS) is 16.0. The van der Waals surface area contributed by atoms with Crippen LogP contribution in [0.1, 0.15) is 11.7 Å². The molecule has 1 aliphatic heterocycles. The zero-order valence-electron chi connectivity index (χ0n) is 13.6. The van der Waals surface area contributed by atoms with Crippen molar-refractivity contribution in [3.63, 3.8) is 0 Å². The van der Waals surface area contributed by atoms with Crippen LogP contribution in [0.5, 0.6) is 5.75 Å². The fraction of sp³-hybridized carbons (Fsp3) is 0.412. The minimum Gasteiger partial charge on any atom is -0.496 e. The maximum Gasteiger partial charge on any atom is 0.246 e. The van der Waals surface area contributed by atoms with E-state index in [1.54, 1.807) is 29.2 Å². The Balaban J connectivity index is 1.81. The van der Waals surface area contributed by atoms with E-state index < -0.39 is 12.0 Å². The van der Waals surface area contributed by atoms with E-state index in [2.05, 4.69) is 5.32 Å². The molecule has 7 nitrogen and oxygen atoms in total. The number of ether oxygens (including phenoxy) is 2. The van der Waals surface area contributed by atoms with Crippen LogP contribution >= 0.6 is 0 Å². The Hall–Kier alpha value is -2.38. The summed E-state index contributed by atoms with van der Waals surface area (Å²) in [5.41, 5.74) is 0.591. The quantitative estimate of drug-likeness (QED) is 0.729. The SMILES string of the molecule is COc1ccccc1[C@H](O)CNC(=O)/C=C/C(=O)N1CCOCC1. The summed E-state index contributed by atoms with van der Waals surface area (Å²) in [4.78, 5) is 25.3. The lowest BCUT2D eigenvalue weighted by Crippen LogP contribution is -2.40. The minimum atomic E-state index is -0.895. The predicted octanol–water partition coefficient (Wildman–Crippen LogP) is 0.260. The summed E-state index contributed by atoms with van der Waals surface area (Å²) in [5, 5.41) is 12.7. The fourth-order valence-corrected chi connectivity index (χ4v) is 2.34. The van der Waals surface area contributed by atoms with Crippen molar-refractivity contribution in [2.24, 2.45) is 0 Å². The molecule has 7 heteroatoms. The lowest BCUT2D eigenvalue weighted by Gasteiger charge is -2.25. The molecule has 0 aliphatic carbocycles. The van der Waals surface area contributed by atoms with E-state index in [-0.39, 0.29) is 12.5 Å². The molecule has 0 unspecified atom stereocenters. The van der Waals surface area contributed by atoms with Gasteiger partial charge in [0.1, 0.15) is 5.75 Å². The third-order valence-electron chi connectivity index (χ3n) is 3.67. The number of nitrogens with one attached hydrogen (secondary N) is 1. The van der Waals surface area contributed by atoms with Crippen LogP contribution < -0.4 is 10.1 Å². The molecule has 1 aromatic carbocycles. The summed E-state index contributed by atoms with van der Waals surface area (Å²) < 4.78 is 10.3. The number of amides is 2. The molecule has 2 N–H and O–H groups in total. The average molecular weight is 334 g/mol. The topological polar surface area (TPSA) is 88.1 Å². The summed E-state index contributed by atoms with van der Waals surface area (Å²) in [5.74, 6) is -0.110. The van der Waals surface area contributed by atoms with Gasteiger partial charge in [0.25, 0.3) is 0 Å². The molecule has 2 amide bonds. The number of hydrogen-bond donors (Lipinski definition) is 2. The van der Waals surface area contributed by atoms with Gasteiger partial charge in [0, 0.05) is 37.3 Å². The number of benzene rings is 1. The van der Waals surface area contributed by atoms with Gasteiger partial charge in [-0.1, -0.05) is 18.2 Å². The van der Waals surface area contributed by atoms with Crippen LogP contribution in [0.3, 0.4) is 0 Å². The van der Waals surface area contributed by atoms with Gasteiger partial charge in [-0.15, -0.1) is 0 Å². The van der Waals surface area contributed by atoms with Crippen LogP contribution in [0.25, 0.3) is 0 Å². The molecule has 130 valence electrons. The summed E-state index contributed by atoms with van der Waals surface area (Å²) in [6.45, 7) is 2.09. The number of carbonyl (C=O) groups excluding carboxylic acids is 2. The van der Waals surface area contributed by atoms with E-state index in [0.717, 1.165) is 0 Å². The van der Waals surface area contributed by atoms with Crippen LogP contribution in [0.15, 0.2) is 36.4 Å². The molecule has 2 rings (SSSR count). The van der Waals surface area contributed by atoms with Crippen molar-refractivity contribution in [1.82, 2.24) is 10.2 Å². The first kappa shape index (κ1) is 18.0. The van der Waals surface area contributed by atoms with Crippen LogP contribution in [0.4, 0.5) is 0 Å². The number of rotatable bonds is 6. The molecule has 0 radical (unpaired) electrons. The summed E-state index contributed by atoms with van der Waals surface area (Å²) in [6, 6.07) is 7.05. The Labute approximate surface area is 140 Å². The van der Waals surface area contributed by atoms with Crippen LogP contribution in [-0.2, 0) is 14.3 Å². The van der Waals surface area contributed by atoms with E-state index in [0.29, 0.717) is 37.6 Å². The van der Waals surface area contributed by atoms with Crippen molar-refractivity contribution in [1.29, 1.82) is 0 Å². The molecule has 24 heavy (non-hydrogen) atoms. The number of nitrogens with zero attached hydrogens (tertiary/aromatic N) is 1. The zero-order chi connectivity index (χ0) is 17.4. The van der Waals surface area contributed by atoms with E-state index in [9.17, 15) is 14.7 Å². The highest BCUT2D eigenvalue weighted by molar-refractivity contribution is 5.96. The van der Waals surface area contributed by atoms with Crippen molar-refractivity contribution < 1.29 is 24.2 Å². The van der Waals surface area contributed by atoms with Crippen LogP contribution in [0, 0.1) is 0 Å². The van der Waals surface area contributed by atoms with Crippen molar-refractivity contribution in [3.8, 4) is 5.75 Å². The van der Waals surface area contributed by atoms with Gasteiger partial charge < -0.3 is 24.8 Å². The lowest BCUT2D eigenvalue weighted by molar-refractivity contribution is -0.130. The summed E-state index contributed by atoms with van der Waals surface area (Å²) in [6.07, 6.45) is 1.51. The smallest absolute Gasteiger partial charge is 0.246 e. The average Bonchev–Trinajstić information content (AvgIpc) is 2.64. The van der Waals surface area contributed by atoms with Gasteiger partial charge in [0.15, 0.2) is 0 Å². The Kier molecular flexibility index (Phi) is 6.77. The third-order valence-corrected chi connectivity index (χ3v) is 3.67. The predicted molar refractivity (Wildman–Crippen MR) is 87.5 cm³/mol. The zero-order valence-corrected chi connectivity index (χ0v) is 13.6. The highest BCUT2D eigenvalue weighted by atomic mass is 16.5. The van der Waals surface area contributed by atoms with Crippen molar-refractivity contribution in [3.05, 3.63) is 42.0 Å². The van der Waals surface area contributed by atoms with Gasteiger partial charge >= 0.3 is 0 Å². The van der Waals surface area contributed by atoms with Gasteiger partial charge in [0.2, 0.25) is 11.8 Å². The molecule has 1 saturated heterocycles. The van der Waals surface area contributed by atoms with Gasteiger partial charge in [0.05, 0.1) is 26.4 Å². The first-order valence-electron chi connectivity index (χ1n) is 7.75. The molecule has 1 aliphatic rings. The number of carbonyl (C=O) groups is 2. The van der Waals surface area contributed by atoms with E-state index in [1.807, 2.05) is 0 Å². The first-order chi connectivity index (χ1) is 11.6. The molecule has 0 aromatic heterocycles. The largest absolute Gasteiger partial charge is 0.496 e. The number of morpholine rings is 1. The van der Waals surface area contributed by atoms with Crippen LogP contribution in [0.2, 0.25) is 0 Å². The number of aliphatic hydroxyl groups excluding tert-OH is 1. The molecule has 0 spiro atoms. The number of aliphatic hydroxyl groups is 1. The van der Waals surface area contributed by atoms with Crippen molar-refractivity contribution in [2.45, 2.75) is 6.10 Å². The number of hydrogen-bond acceptors (Lipinski definition) is 5. The Bertz CT molecular complexity index is 596. The number of para-hydroxylation sites is 1. The molecule has 0 saturated carbocycles. The first-order valence-corrected chi connectivity index (χ1v) is 7.75. The second-order valence-electron chi connectivity index (χ2n) is 5.27. The Morgan fingerprint density at radius 3 is 2.75 bits per heavy atom. The van der Waals surface area contributed by atoms with E-state index in [4.69, 9.17) is 9.47 Å². The van der Waals surface area contributed by atoms with Crippen molar-refractivity contribution >= 4 is 11.8 Å². The second-order valence-corrected chi connectivity index (χ2v) is 5.27. The minimum absolute atomic E-state index is 0.0231. The standard InChI is InChI=1S/C17H22N2O5/c1-23-15-5-3-2-4-13(15)14(20)12-18-16(21)6-7-17(22)19-8-10-24-11-9-19/h2-7,14,20H,8-12H2,1H3,(H,18,21)/b7-6+/t14-/m1/s1. The molecule has 0 bridgehead atoms. The van der Waals surface area contributed by atoms with E-state index in [1.165, 1.54) is 19.3 Å². The molecular formula is C17H22N2O5. The molecule has 1 heterocycles. The monoisotopic (exact) mass is 334 g/mol. The molecule has 1 fully saturated rings. The van der Waals surface area contributed by atoms with Gasteiger partial charge in [-0.2, -0.15) is 0 Å². The molecule has 1 atom stereocenters. The maximum absolute atomic E-state index is 11.9. The van der Waals surface area contributed by atoms with Gasteiger partial charge in [-0.25, -0.2) is 0 Å². The third kappa shape index (κ3) is 5.07. The van der Waals surface area contributed by atoms with Gasteiger partial charge in [-0.3, -0.25) is 9.59 Å². The second kappa shape index (κ2) is 9.05. The molecule has 1 aromatic rings. The fourth-order valence-electron chi connectivity index (χ4n) is 2.34. The van der Waals surface area contributed by atoms with Crippen molar-refractivity contribution in [2.75, 3.05) is 40.0 Å². The number of methoxy groups -OCH3 is 1. The Morgan fingerprint density at radius 2 is 2.04 bits per heavy atom. The summed E-state index contributed by atoms with van der Waals surface area (Å²) in [7, 11) is 1.52. The highest BCUT2D eigenvalue weighted by Gasteiger charge is 2.15. The van der Waals surface area contributed by atoms with E-state index >= 15 is 0 Å². The summed E-state index contributed by atoms with van der Waals surface area (Å²) >= 11 is 0. The molecular weight excluding hydrogens is 312 g/mol. The van der Waals surface area contributed by atoms with Gasteiger partial charge in [-0.05, 0) is 6.07 Å². The van der Waals surface area contributed by atoms with Crippen LogP contribution in [-0.4, -0.2) is 61.8 Å². The Morgan fingerprint density at radius 1 is 1.33 bits per heavy atom. The lowest BCUT2D eigenvalue weighted by atomic mass is 10.1. The maximum atomic E-state index is 11.9. The highest BCUT2D eigenvalue weighted by Crippen LogP contribution is 2.23.